The molecule has 9 heteroatoms. The normalized spacial score (nSPS) is 13.1. The fourth-order valence-corrected chi connectivity index (χ4v) is 3.04. The number of carbonyl (C=O) groups excluding carboxylic acids is 1. The number of nitrogens with one attached hydrogen (secondary N) is 3. The van der Waals surface area contributed by atoms with E-state index in [1.165, 1.54) is 0 Å². The van der Waals surface area contributed by atoms with Gasteiger partial charge in [-0.3, -0.25) is 9.39 Å². The molecule has 2 heterocycles. The topological polar surface area (TPSA) is 105 Å². The van der Waals surface area contributed by atoms with Crippen LogP contribution in [-0.4, -0.2) is 57.9 Å². The smallest absolute Gasteiger partial charge is 0.407 e. The molecule has 0 bridgehead atoms. The highest BCUT2D eigenvalue weighted by Crippen LogP contribution is 2.07. The van der Waals surface area contributed by atoms with Gasteiger partial charge in [0.2, 0.25) is 0 Å². The van der Waals surface area contributed by atoms with Crippen LogP contribution in [0.5, 0.6) is 0 Å². The van der Waals surface area contributed by atoms with E-state index >= 15 is 0 Å². The van der Waals surface area contributed by atoms with Crippen molar-refractivity contribution in [2.24, 2.45) is 4.99 Å². The van der Waals surface area contributed by atoms with Gasteiger partial charge in [0.15, 0.2) is 11.6 Å². The van der Waals surface area contributed by atoms with Crippen LogP contribution in [0.25, 0.3) is 5.65 Å². The Balaban J connectivity index is 1.96. The van der Waals surface area contributed by atoms with E-state index < -0.39 is 11.7 Å². The molecule has 2 aromatic heterocycles. The van der Waals surface area contributed by atoms with Gasteiger partial charge < -0.3 is 20.7 Å². The van der Waals surface area contributed by atoms with Crippen LogP contribution in [0, 0.1) is 0 Å². The molecule has 1 atom stereocenters. The van der Waals surface area contributed by atoms with E-state index in [1.54, 1.807) is 0 Å². The lowest BCUT2D eigenvalue weighted by molar-refractivity contribution is 0.0522. The van der Waals surface area contributed by atoms with E-state index in [2.05, 4.69) is 33.1 Å². The number of guanidine groups is 1. The minimum Gasteiger partial charge on any atom is -0.444 e. The summed E-state index contributed by atoms with van der Waals surface area (Å²) < 4.78 is 7.32. The molecule has 2 aromatic rings. The van der Waals surface area contributed by atoms with Crippen molar-refractivity contribution in [3.05, 3.63) is 30.2 Å². The molecule has 0 aliphatic heterocycles. The SMILES string of the molecule is CCCCC(CNC(=O)OC(C)(C)C)NC(=NCCc1nnc2ccccn12)NCC. The number of pyridine rings is 1. The van der Waals surface area contributed by atoms with E-state index in [9.17, 15) is 4.79 Å². The Morgan fingerprint density at radius 1 is 1.23 bits per heavy atom. The molecule has 0 saturated heterocycles. The Hall–Kier alpha value is -2.84. The Morgan fingerprint density at radius 3 is 2.74 bits per heavy atom. The molecule has 172 valence electrons. The first kappa shape index (κ1) is 24.4. The number of ether oxygens (including phenoxy) is 1. The number of fused-ring (bicyclic) bond motifs is 1. The number of hydrogen-bond donors (Lipinski definition) is 3. The quantitative estimate of drug-likeness (QED) is 0.395. The maximum atomic E-state index is 12.0. The number of alkyl carbamates (subject to hydrolysis) is 1. The molecule has 0 fully saturated rings. The second-order valence-electron chi connectivity index (χ2n) is 8.42. The highest BCUT2D eigenvalue weighted by Gasteiger charge is 2.18. The monoisotopic (exact) mass is 431 g/mol. The van der Waals surface area contributed by atoms with E-state index in [0.717, 1.165) is 43.2 Å². The van der Waals surface area contributed by atoms with Crippen molar-refractivity contribution in [3.63, 3.8) is 0 Å². The number of aliphatic imine (C=N–C) groups is 1. The van der Waals surface area contributed by atoms with Gasteiger partial charge in [0.05, 0.1) is 0 Å². The molecule has 0 aliphatic carbocycles. The van der Waals surface area contributed by atoms with Crippen molar-refractivity contribution in [2.45, 2.75) is 71.9 Å². The fraction of sp³-hybridized carbons (Fsp3) is 0.636. The summed E-state index contributed by atoms with van der Waals surface area (Å²) in [4.78, 5) is 16.7. The Labute approximate surface area is 185 Å². The van der Waals surface area contributed by atoms with Gasteiger partial charge in [-0.15, -0.1) is 10.2 Å². The van der Waals surface area contributed by atoms with Crippen molar-refractivity contribution in [1.82, 2.24) is 30.5 Å². The molecule has 1 amide bonds. The molecule has 0 aromatic carbocycles. The number of amides is 1. The maximum absolute atomic E-state index is 12.0. The van der Waals surface area contributed by atoms with Crippen LogP contribution in [0.2, 0.25) is 0 Å². The predicted molar refractivity (Wildman–Crippen MR) is 123 cm³/mol. The molecule has 1 unspecified atom stereocenters. The summed E-state index contributed by atoms with van der Waals surface area (Å²) in [5, 5.41) is 18.0. The third kappa shape index (κ3) is 8.82. The lowest BCUT2D eigenvalue weighted by Gasteiger charge is -2.24. The molecule has 0 spiro atoms. The number of rotatable bonds is 10. The third-order valence-corrected chi connectivity index (χ3v) is 4.47. The summed E-state index contributed by atoms with van der Waals surface area (Å²) in [7, 11) is 0. The molecule has 0 radical (unpaired) electrons. The first-order chi connectivity index (χ1) is 14.8. The van der Waals surface area contributed by atoms with Crippen LogP contribution >= 0.6 is 0 Å². The number of aromatic nitrogens is 3. The minimum absolute atomic E-state index is 0.0548. The maximum Gasteiger partial charge on any atom is 0.407 e. The Morgan fingerprint density at radius 2 is 2.03 bits per heavy atom. The first-order valence-corrected chi connectivity index (χ1v) is 11.1. The van der Waals surface area contributed by atoms with Crippen LogP contribution in [0.3, 0.4) is 0 Å². The van der Waals surface area contributed by atoms with Crippen molar-refractivity contribution >= 4 is 17.7 Å². The lowest BCUT2D eigenvalue weighted by Crippen LogP contribution is -2.49. The minimum atomic E-state index is -0.515. The molecule has 9 nitrogen and oxygen atoms in total. The number of unbranched alkanes of at least 4 members (excludes halogenated alkanes) is 1. The van der Waals surface area contributed by atoms with Crippen LogP contribution in [0.4, 0.5) is 4.79 Å². The van der Waals surface area contributed by atoms with Gasteiger partial charge in [-0.25, -0.2) is 4.79 Å². The van der Waals surface area contributed by atoms with Gasteiger partial charge >= 0.3 is 6.09 Å². The van der Waals surface area contributed by atoms with Crippen molar-refractivity contribution in [3.8, 4) is 0 Å². The zero-order valence-electron chi connectivity index (χ0n) is 19.4. The van der Waals surface area contributed by atoms with Crippen LogP contribution in [0.15, 0.2) is 29.4 Å². The van der Waals surface area contributed by atoms with Crippen molar-refractivity contribution < 1.29 is 9.53 Å². The van der Waals surface area contributed by atoms with E-state index in [4.69, 9.17) is 9.73 Å². The van der Waals surface area contributed by atoms with Crippen LogP contribution in [-0.2, 0) is 11.2 Å². The van der Waals surface area contributed by atoms with E-state index in [1.807, 2.05) is 56.5 Å². The first-order valence-electron chi connectivity index (χ1n) is 11.1. The molecule has 31 heavy (non-hydrogen) atoms. The highest BCUT2D eigenvalue weighted by molar-refractivity contribution is 5.80. The van der Waals surface area contributed by atoms with Crippen molar-refractivity contribution in [2.75, 3.05) is 19.6 Å². The van der Waals surface area contributed by atoms with Crippen molar-refractivity contribution in [1.29, 1.82) is 0 Å². The van der Waals surface area contributed by atoms with Gasteiger partial charge in [-0.1, -0.05) is 25.8 Å². The lowest BCUT2D eigenvalue weighted by atomic mass is 10.1. The third-order valence-electron chi connectivity index (χ3n) is 4.47. The second kappa shape index (κ2) is 12.1. The molecular formula is C22H37N7O2. The number of carbonyl (C=O) groups is 1. The molecule has 2 rings (SSSR count). The van der Waals surface area contributed by atoms with E-state index in [0.29, 0.717) is 19.5 Å². The van der Waals surface area contributed by atoms with Crippen LogP contribution < -0.4 is 16.0 Å². The van der Waals surface area contributed by atoms with Gasteiger partial charge in [-0.2, -0.15) is 0 Å². The predicted octanol–water partition coefficient (Wildman–Crippen LogP) is 2.91. The largest absolute Gasteiger partial charge is 0.444 e. The zero-order chi connectivity index (χ0) is 22.7. The number of hydrogen-bond acceptors (Lipinski definition) is 5. The summed E-state index contributed by atoms with van der Waals surface area (Å²) in [6.45, 7) is 11.5. The summed E-state index contributed by atoms with van der Waals surface area (Å²) in [5.74, 6) is 1.60. The summed E-state index contributed by atoms with van der Waals surface area (Å²) >= 11 is 0. The summed E-state index contributed by atoms with van der Waals surface area (Å²) in [5.41, 5.74) is 0.318. The number of nitrogens with zero attached hydrogens (tertiary/aromatic N) is 4. The molecule has 3 N–H and O–H groups in total. The standard InChI is InChI=1S/C22H37N7O2/c1-6-8-11-17(16-25-21(30)31-22(3,4)5)26-20(23-7-2)24-14-13-19-28-27-18-12-9-10-15-29(18)19/h9-10,12,15,17H,6-8,11,13-14,16H2,1-5H3,(H,25,30)(H2,23,24,26). The fourth-order valence-electron chi connectivity index (χ4n) is 3.04. The summed E-state index contributed by atoms with van der Waals surface area (Å²) in [6.07, 6.45) is 5.29. The van der Waals surface area contributed by atoms with Gasteiger partial charge in [-0.05, 0) is 46.2 Å². The average Bonchev–Trinajstić information content (AvgIpc) is 3.12. The molecule has 0 aliphatic rings. The van der Waals surface area contributed by atoms with E-state index in [-0.39, 0.29) is 6.04 Å². The van der Waals surface area contributed by atoms with Gasteiger partial charge in [0, 0.05) is 38.3 Å². The van der Waals surface area contributed by atoms with Gasteiger partial charge in [0.1, 0.15) is 11.4 Å². The second-order valence-corrected chi connectivity index (χ2v) is 8.42. The average molecular weight is 432 g/mol. The highest BCUT2D eigenvalue weighted by atomic mass is 16.6. The van der Waals surface area contributed by atoms with Crippen LogP contribution in [0.1, 0.15) is 59.7 Å². The Bertz CT molecular complexity index is 842. The van der Waals surface area contributed by atoms with Gasteiger partial charge in [0.25, 0.3) is 0 Å². The molecule has 0 saturated carbocycles. The zero-order valence-corrected chi connectivity index (χ0v) is 19.4. The molecular weight excluding hydrogens is 394 g/mol. The summed E-state index contributed by atoms with van der Waals surface area (Å²) in [6, 6.07) is 5.90. The Kier molecular flexibility index (Phi) is 9.55.